The van der Waals surface area contributed by atoms with Gasteiger partial charge in [-0.05, 0) is 24.6 Å². The first kappa shape index (κ1) is 15.9. The highest BCUT2D eigenvalue weighted by Crippen LogP contribution is 2.19. The van der Waals surface area contributed by atoms with Crippen LogP contribution in [0.15, 0.2) is 22.7 Å². The average Bonchev–Trinajstić information content (AvgIpc) is 2.34. The van der Waals surface area contributed by atoms with Gasteiger partial charge in [0.15, 0.2) is 0 Å². The lowest BCUT2D eigenvalue weighted by atomic mass is 10.2. The molecule has 0 saturated heterocycles. The number of urea groups is 1. The van der Waals surface area contributed by atoms with Crippen LogP contribution < -0.4 is 10.6 Å². The van der Waals surface area contributed by atoms with Gasteiger partial charge in [-0.3, -0.25) is 0 Å². The summed E-state index contributed by atoms with van der Waals surface area (Å²) < 4.78 is 18.8. The van der Waals surface area contributed by atoms with E-state index in [2.05, 4.69) is 26.6 Å². The van der Waals surface area contributed by atoms with Gasteiger partial charge < -0.3 is 20.5 Å². The molecule has 5 nitrogen and oxygen atoms in total. The van der Waals surface area contributed by atoms with Gasteiger partial charge >= 0.3 is 6.03 Å². The van der Waals surface area contributed by atoms with Crippen LogP contribution in [0, 0.1) is 5.82 Å². The van der Waals surface area contributed by atoms with Crippen LogP contribution in [0.25, 0.3) is 0 Å². The summed E-state index contributed by atoms with van der Waals surface area (Å²) >= 11 is 3.19. The maximum Gasteiger partial charge on any atom is 0.319 e. The number of methoxy groups -OCH3 is 1. The number of hydrogen-bond acceptors (Lipinski definition) is 3. The van der Waals surface area contributed by atoms with Crippen molar-refractivity contribution in [2.24, 2.45) is 0 Å². The number of rotatable bonds is 6. The standard InChI is InChI=1S/C12H16BrFN2O3/c1-19-7-9(17)4-5-15-12(18)16-11-6-8(13)2-3-10(11)14/h2-3,6,9,17H,4-5,7H2,1H3,(H2,15,16,18). The minimum atomic E-state index is -0.632. The Balaban J connectivity index is 2.37. The molecule has 2 amide bonds. The van der Waals surface area contributed by atoms with Gasteiger partial charge in [0.25, 0.3) is 0 Å². The van der Waals surface area contributed by atoms with E-state index in [4.69, 9.17) is 4.74 Å². The molecular weight excluding hydrogens is 319 g/mol. The van der Waals surface area contributed by atoms with Crippen molar-refractivity contribution in [3.63, 3.8) is 0 Å². The summed E-state index contributed by atoms with van der Waals surface area (Å²) in [7, 11) is 1.49. The van der Waals surface area contributed by atoms with E-state index in [1.54, 1.807) is 6.07 Å². The van der Waals surface area contributed by atoms with Crippen LogP contribution in [0.2, 0.25) is 0 Å². The third-order valence-electron chi connectivity index (χ3n) is 2.30. The van der Waals surface area contributed by atoms with Crippen LogP contribution in [0.4, 0.5) is 14.9 Å². The Labute approximate surface area is 119 Å². The molecule has 0 aliphatic carbocycles. The first-order valence-electron chi connectivity index (χ1n) is 5.70. The molecule has 0 saturated carbocycles. The van der Waals surface area contributed by atoms with Crippen molar-refractivity contribution in [1.29, 1.82) is 0 Å². The number of hydrogen-bond donors (Lipinski definition) is 3. The monoisotopic (exact) mass is 334 g/mol. The number of benzene rings is 1. The van der Waals surface area contributed by atoms with E-state index < -0.39 is 18.0 Å². The fourth-order valence-electron chi connectivity index (χ4n) is 1.39. The molecule has 19 heavy (non-hydrogen) atoms. The second-order valence-corrected chi connectivity index (χ2v) is 4.82. The first-order valence-corrected chi connectivity index (χ1v) is 6.49. The number of ether oxygens (including phenoxy) is 1. The Hall–Kier alpha value is -1.18. The normalized spacial score (nSPS) is 12.0. The van der Waals surface area contributed by atoms with Gasteiger partial charge in [-0.25, -0.2) is 9.18 Å². The van der Waals surface area contributed by atoms with Crippen molar-refractivity contribution >= 4 is 27.6 Å². The van der Waals surface area contributed by atoms with E-state index >= 15 is 0 Å². The van der Waals surface area contributed by atoms with Crippen molar-refractivity contribution in [1.82, 2.24) is 5.32 Å². The highest BCUT2D eigenvalue weighted by molar-refractivity contribution is 9.10. The molecule has 0 bridgehead atoms. The number of carbonyl (C=O) groups excluding carboxylic acids is 1. The maximum atomic E-state index is 13.4. The van der Waals surface area contributed by atoms with E-state index in [0.717, 1.165) is 0 Å². The van der Waals surface area contributed by atoms with Crippen molar-refractivity contribution in [2.45, 2.75) is 12.5 Å². The average molecular weight is 335 g/mol. The Bertz CT molecular complexity index is 431. The van der Waals surface area contributed by atoms with Crippen molar-refractivity contribution in [3.8, 4) is 0 Å². The third kappa shape index (κ3) is 6.00. The van der Waals surface area contributed by atoms with Crippen LogP contribution in [0.3, 0.4) is 0 Å². The Morgan fingerprint density at radius 3 is 3.00 bits per heavy atom. The zero-order chi connectivity index (χ0) is 14.3. The lowest BCUT2D eigenvalue weighted by Gasteiger charge is -2.11. The number of nitrogens with one attached hydrogen (secondary N) is 2. The summed E-state index contributed by atoms with van der Waals surface area (Å²) in [5.74, 6) is -0.516. The quantitative estimate of drug-likeness (QED) is 0.746. The van der Waals surface area contributed by atoms with Gasteiger partial charge in [0, 0.05) is 18.1 Å². The predicted molar refractivity (Wildman–Crippen MR) is 73.6 cm³/mol. The summed E-state index contributed by atoms with van der Waals surface area (Å²) in [5, 5.41) is 14.3. The fourth-order valence-corrected chi connectivity index (χ4v) is 1.75. The molecule has 0 aliphatic heterocycles. The van der Waals surface area contributed by atoms with Gasteiger partial charge in [0.2, 0.25) is 0 Å². The zero-order valence-corrected chi connectivity index (χ0v) is 12.0. The molecule has 0 fully saturated rings. The minimum absolute atomic E-state index is 0.0873. The van der Waals surface area contributed by atoms with E-state index in [1.165, 1.54) is 19.2 Å². The zero-order valence-electron chi connectivity index (χ0n) is 10.5. The highest BCUT2D eigenvalue weighted by atomic mass is 79.9. The van der Waals surface area contributed by atoms with Crippen molar-refractivity contribution in [2.75, 3.05) is 25.6 Å². The largest absolute Gasteiger partial charge is 0.391 e. The molecule has 106 valence electrons. The molecule has 3 N–H and O–H groups in total. The first-order chi connectivity index (χ1) is 9.02. The van der Waals surface area contributed by atoms with E-state index in [0.29, 0.717) is 10.9 Å². The molecule has 0 heterocycles. The Morgan fingerprint density at radius 2 is 2.32 bits per heavy atom. The Kier molecular flexibility index (Phi) is 6.75. The van der Waals surface area contributed by atoms with Gasteiger partial charge in [-0.15, -0.1) is 0 Å². The molecule has 0 aliphatic rings. The van der Waals surface area contributed by atoms with Crippen molar-refractivity contribution < 1.29 is 19.0 Å². The van der Waals surface area contributed by atoms with Gasteiger partial charge in [-0.1, -0.05) is 15.9 Å². The summed E-state index contributed by atoms with van der Waals surface area (Å²) in [5.41, 5.74) is 0.0873. The Morgan fingerprint density at radius 1 is 1.58 bits per heavy atom. The van der Waals surface area contributed by atoms with Crippen LogP contribution in [-0.4, -0.2) is 37.5 Å². The number of amides is 2. The SMILES string of the molecule is COCC(O)CCNC(=O)Nc1cc(Br)ccc1F. The number of halogens is 2. The molecule has 7 heteroatoms. The third-order valence-corrected chi connectivity index (χ3v) is 2.79. The molecule has 0 radical (unpaired) electrons. The van der Waals surface area contributed by atoms with E-state index in [9.17, 15) is 14.3 Å². The predicted octanol–water partition coefficient (Wildman–Crippen LogP) is 2.11. The molecule has 0 spiro atoms. The molecule has 1 aromatic rings. The smallest absolute Gasteiger partial charge is 0.319 e. The fraction of sp³-hybridized carbons (Fsp3) is 0.417. The lowest BCUT2D eigenvalue weighted by Crippen LogP contribution is -2.32. The van der Waals surface area contributed by atoms with Crippen molar-refractivity contribution in [3.05, 3.63) is 28.5 Å². The van der Waals surface area contributed by atoms with Crippen LogP contribution >= 0.6 is 15.9 Å². The molecule has 1 atom stereocenters. The summed E-state index contributed by atoms with van der Waals surface area (Å²) in [4.78, 5) is 11.5. The van der Waals surface area contributed by atoms with E-state index in [-0.39, 0.29) is 18.8 Å². The number of aliphatic hydroxyl groups is 1. The second kappa shape index (κ2) is 8.08. The number of carbonyl (C=O) groups is 1. The summed E-state index contributed by atoms with van der Waals surface area (Å²) in [6.45, 7) is 0.482. The van der Waals surface area contributed by atoms with Crippen LogP contribution in [0.5, 0.6) is 0 Å². The lowest BCUT2D eigenvalue weighted by molar-refractivity contribution is 0.0599. The summed E-state index contributed by atoms with van der Waals surface area (Å²) in [6.07, 6.45) is -0.268. The summed E-state index contributed by atoms with van der Waals surface area (Å²) in [6, 6.07) is 3.73. The second-order valence-electron chi connectivity index (χ2n) is 3.90. The van der Waals surface area contributed by atoms with Crippen LogP contribution in [-0.2, 0) is 4.74 Å². The molecule has 1 rings (SSSR count). The van der Waals surface area contributed by atoms with Gasteiger partial charge in [-0.2, -0.15) is 0 Å². The minimum Gasteiger partial charge on any atom is -0.391 e. The molecular formula is C12H16BrFN2O3. The number of aliphatic hydroxyl groups excluding tert-OH is 1. The molecule has 0 aromatic heterocycles. The van der Waals surface area contributed by atoms with Gasteiger partial charge in [0.1, 0.15) is 5.82 Å². The molecule has 1 aromatic carbocycles. The maximum absolute atomic E-state index is 13.4. The molecule has 1 unspecified atom stereocenters. The highest BCUT2D eigenvalue weighted by Gasteiger charge is 2.08. The number of anilines is 1. The van der Waals surface area contributed by atoms with Gasteiger partial charge in [0.05, 0.1) is 18.4 Å². The topological polar surface area (TPSA) is 70.6 Å². The van der Waals surface area contributed by atoms with Crippen LogP contribution in [0.1, 0.15) is 6.42 Å². The van der Waals surface area contributed by atoms with E-state index in [1.807, 2.05) is 0 Å².